The Morgan fingerprint density at radius 1 is 1.16 bits per heavy atom. The first-order valence-corrected chi connectivity index (χ1v) is 8.71. The summed E-state index contributed by atoms with van der Waals surface area (Å²) in [6, 6.07) is 0. The third-order valence-corrected chi connectivity index (χ3v) is 6.23. The van der Waals surface area contributed by atoms with Crippen LogP contribution in [0.15, 0.2) is 4.36 Å². The van der Waals surface area contributed by atoms with Gasteiger partial charge in [-0.15, -0.1) is 0 Å². The second-order valence-corrected chi connectivity index (χ2v) is 7.92. The maximum atomic E-state index is 12.5. The highest BCUT2D eigenvalue weighted by Crippen LogP contribution is 2.20. The predicted octanol–water partition coefficient (Wildman–Crippen LogP) is -0.490. The lowest BCUT2D eigenvalue weighted by molar-refractivity contribution is -0.186. The topological polar surface area (TPSA) is 99.4 Å². The summed E-state index contributed by atoms with van der Waals surface area (Å²) in [5.41, 5.74) is 0. The van der Waals surface area contributed by atoms with E-state index >= 15 is 0 Å². The molecule has 1 fully saturated rings. The van der Waals surface area contributed by atoms with Crippen LogP contribution in [0.5, 0.6) is 0 Å². The van der Waals surface area contributed by atoms with Crippen molar-refractivity contribution in [1.82, 2.24) is 0 Å². The lowest BCUT2D eigenvalue weighted by Gasteiger charge is -2.35. The smallest absolute Gasteiger partial charge is 0.111 e. The Bertz CT molecular complexity index is 407. The zero-order valence-electron chi connectivity index (χ0n) is 11.0. The SMILES string of the molecule is O=S1(CC[C@H]2OC[C@@H](O)[C@@H](O)[C@@H]2O)=NCCCCC1. The van der Waals surface area contributed by atoms with Crippen molar-refractivity contribution >= 4 is 9.73 Å². The average molecular weight is 293 g/mol. The molecule has 0 aromatic rings. The molecule has 0 aromatic carbocycles. The molecule has 6 nitrogen and oxygen atoms in total. The van der Waals surface area contributed by atoms with Gasteiger partial charge in [-0.05, 0) is 19.3 Å². The molecule has 3 N–H and O–H groups in total. The zero-order valence-corrected chi connectivity index (χ0v) is 11.8. The van der Waals surface area contributed by atoms with E-state index < -0.39 is 34.1 Å². The van der Waals surface area contributed by atoms with E-state index in [1.807, 2.05) is 0 Å². The normalized spacial score (nSPS) is 44.4. The minimum absolute atomic E-state index is 0.00122. The molecule has 2 heterocycles. The summed E-state index contributed by atoms with van der Waals surface area (Å²) in [6.45, 7) is 0.648. The van der Waals surface area contributed by atoms with Gasteiger partial charge in [0.2, 0.25) is 0 Å². The molecular weight excluding hydrogens is 270 g/mol. The summed E-state index contributed by atoms with van der Waals surface area (Å²) in [6.07, 6.45) is -0.568. The van der Waals surface area contributed by atoms with Crippen molar-refractivity contribution in [3.63, 3.8) is 0 Å². The minimum Gasteiger partial charge on any atom is -0.388 e. The van der Waals surface area contributed by atoms with Gasteiger partial charge in [0.1, 0.15) is 18.3 Å². The van der Waals surface area contributed by atoms with E-state index in [1.54, 1.807) is 0 Å². The van der Waals surface area contributed by atoms with Crippen LogP contribution in [0.4, 0.5) is 0 Å². The van der Waals surface area contributed by atoms with Gasteiger partial charge < -0.3 is 20.1 Å². The molecule has 5 atom stereocenters. The molecule has 0 spiro atoms. The number of rotatable bonds is 3. The molecule has 0 aliphatic carbocycles. The van der Waals surface area contributed by atoms with E-state index in [-0.39, 0.29) is 6.61 Å². The fraction of sp³-hybridized carbons (Fsp3) is 1.00. The monoisotopic (exact) mass is 293 g/mol. The molecule has 2 rings (SSSR count). The molecule has 0 saturated carbocycles. The lowest BCUT2D eigenvalue weighted by atomic mass is 9.99. The number of nitrogens with zero attached hydrogens (tertiary/aromatic N) is 1. The molecule has 0 amide bonds. The summed E-state index contributed by atoms with van der Waals surface area (Å²) >= 11 is 0. The summed E-state index contributed by atoms with van der Waals surface area (Å²) in [5, 5.41) is 28.8. The third kappa shape index (κ3) is 3.88. The number of aliphatic hydroxyl groups excluding tert-OH is 3. The third-order valence-electron chi connectivity index (χ3n) is 3.78. The van der Waals surface area contributed by atoms with Gasteiger partial charge in [0.15, 0.2) is 0 Å². The number of hydrogen-bond acceptors (Lipinski definition) is 6. The molecule has 0 aromatic heterocycles. The fourth-order valence-electron chi connectivity index (χ4n) is 2.50. The Kier molecular flexibility index (Phi) is 5.19. The van der Waals surface area contributed by atoms with E-state index in [4.69, 9.17) is 4.74 Å². The van der Waals surface area contributed by atoms with Crippen LogP contribution >= 0.6 is 0 Å². The lowest BCUT2D eigenvalue weighted by Crippen LogP contribution is -2.53. The van der Waals surface area contributed by atoms with Gasteiger partial charge in [-0.3, -0.25) is 0 Å². The van der Waals surface area contributed by atoms with Crippen LogP contribution in [0.2, 0.25) is 0 Å². The first kappa shape index (κ1) is 15.2. The van der Waals surface area contributed by atoms with Crippen LogP contribution in [-0.4, -0.2) is 68.6 Å². The van der Waals surface area contributed by atoms with Crippen molar-refractivity contribution in [2.24, 2.45) is 4.36 Å². The highest BCUT2D eigenvalue weighted by molar-refractivity contribution is 7.93. The predicted molar refractivity (Wildman–Crippen MR) is 71.4 cm³/mol. The first-order chi connectivity index (χ1) is 9.02. The Morgan fingerprint density at radius 2 is 1.95 bits per heavy atom. The van der Waals surface area contributed by atoms with Crippen molar-refractivity contribution in [1.29, 1.82) is 0 Å². The molecular formula is C12H23NO5S. The Morgan fingerprint density at radius 3 is 2.74 bits per heavy atom. The van der Waals surface area contributed by atoms with Gasteiger partial charge in [0, 0.05) is 27.8 Å². The van der Waals surface area contributed by atoms with Crippen LogP contribution in [-0.2, 0) is 14.5 Å². The standard InChI is InChI=1S/C12H23NO5S/c14-9-8-18-10(12(16)11(9)15)4-7-19(17)6-3-1-2-5-13-19/h9-12,14-16H,1-8H2/t9-,10-,11-,12-,19?/m1/s1. The van der Waals surface area contributed by atoms with Gasteiger partial charge in [0.25, 0.3) is 0 Å². The Hall–Kier alpha value is -0.210. The van der Waals surface area contributed by atoms with Crippen molar-refractivity contribution in [3.8, 4) is 0 Å². The molecule has 2 aliphatic rings. The summed E-state index contributed by atoms with van der Waals surface area (Å²) in [4.78, 5) is 0. The van der Waals surface area contributed by atoms with E-state index in [0.717, 1.165) is 19.3 Å². The highest BCUT2D eigenvalue weighted by atomic mass is 32.2. The maximum Gasteiger partial charge on any atom is 0.111 e. The van der Waals surface area contributed by atoms with Crippen LogP contribution in [0.3, 0.4) is 0 Å². The maximum absolute atomic E-state index is 12.5. The van der Waals surface area contributed by atoms with Crippen LogP contribution in [0, 0.1) is 0 Å². The summed E-state index contributed by atoms with van der Waals surface area (Å²) in [5.74, 6) is 0.999. The van der Waals surface area contributed by atoms with Gasteiger partial charge in [0.05, 0.1) is 12.7 Å². The molecule has 19 heavy (non-hydrogen) atoms. The van der Waals surface area contributed by atoms with Gasteiger partial charge in [-0.25, -0.2) is 8.57 Å². The van der Waals surface area contributed by atoms with Crippen molar-refractivity contribution in [2.75, 3.05) is 24.7 Å². The van der Waals surface area contributed by atoms with Gasteiger partial charge >= 0.3 is 0 Å². The molecule has 2 aliphatic heterocycles. The van der Waals surface area contributed by atoms with Crippen molar-refractivity contribution in [2.45, 2.75) is 50.1 Å². The number of hydrogen-bond donors (Lipinski definition) is 3. The van der Waals surface area contributed by atoms with Crippen LogP contribution < -0.4 is 0 Å². The van der Waals surface area contributed by atoms with Crippen molar-refractivity contribution < 1.29 is 24.3 Å². The van der Waals surface area contributed by atoms with E-state index in [1.165, 1.54) is 0 Å². The molecule has 0 bridgehead atoms. The van der Waals surface area contributed by atoms with Crippen LogP contribution in [0.1, 0.15) is 25.7 Å². The molecule has 112 valence electrons. The molecule has 1 unspecified atom stereocenters. The second kappa shape index (κ2) is 6.49. The van der Waals surface area contributed by atoms with Crippen LogP contribution in [0.25, 0.3) is 0 Å². The minimum atomic E-state index is -2.19. The highest BCUT2D eigenvalue weighted by Gasteiger charge is 2.37. The average Bonchev–Trinajstić information content (AvgIpc) is 2.61. The van der Waals surface area contributed by atoms with Crippen molar-refractivity contribution in [3.05, 3.63) is 0 Å². The zero-order chi connectivity index (χ0) is 13.9. The Balaban J connectivity index is 1.91. The van der Waals surface area contributed by atoms with Gasteiger partial charge in [-0.2, -0.15) is 0 Å². The molecule has 0 radical (unpaired) electrons. The van der Waals surface area contributed by atoms with E-state index in [9.17, 15) is 19.5 Å². The largest absolute Gasteiger partial charge is 0.388 e. The fourth-order valence-corrected chi connectivity index (χ4v) is 4.68. The number of ether oxygens (including phenoxy) is 1. The number of aliphatic hydroxyl groups is 3. The molecule has 7 heteroatoms. The molecule has 1 saturated heterocycles. The van der Waals surface area contributed by atoms with E-state index in [0.29, 0.717) is 24.5 Å². The quantitative estimate of drug-likeness (QED) is 0.652. The Labute approximate surface area is 114 Å². The second-order valence-electron chi connectivity index (χ2n) is 5.30. The summed E-state index contributed by atoms with van der Waals surface area (Å²) < 4.78 is 22.1. The summed E-state index contributed by atoms with van der Waals surface area (Å²) in [7, 11) is -2.19. The van der Waals surface area contributed by atoms with Gasteiger partial charge in [-0.1, -0.05) is 6.42 Å². The van der Waals surface area contributed by atoms with E-state index in [2.05, 4.69) is 4.36 Å². The first-order valence-electron chi connectivity index (χ1n) is 6.86.